The molecule has 1 amide bonds. The van der Waals surface area contributed by atoms with Gasteiger partial charge in [-0.2, -0.15) is 0 Å². The maximum absolute atomic E-state index is 14.9. The van der Waals surface area contributed by atoms with Crippen molar-refractivity contribution in [3.05, 3.63) is 70.6 Å². The summed E-state index contributed by atoms with van der Waals surface area (Å²) in [6.07, 6.45) is 8.81. The molecule has 0 saturated carbocycles. The van der Waals surface area contributed by atoms with Crippen LogP contribution in [-0.2, 0) is 17.8 Å². The van der Waals surface area contributed by atoms with Crippen molar-refractivity contribution in [2.75, 3.05) is 39.0 Å². The zero-order chi connectivity index (χ0) is 28.4. The number of halogens is 1. The summed E-state index contributed by atoms with van der Waals surface area (Å²) in [6, 6.07) is 3.84. The summed E-state index contributed by atoms with van der Waals surface area (Å²) in [5.41, 5.74) is 4.68. The minimum atomic E-state index is -0.544. The smallest absolute Gasteiger partial charge is 0.229 e. The Labute approximate surface area is 234 Å². The van der Waals surface area contributed by atoms with Crippen molar-refractivity contribution < 1.29 is 9.18 Å². The molecule has 1 fully saturated rings. The van der Waals surface area contributed by atoms with E-state index in [1.165, 1.54) is 0 Å². The highest BCUT2D eigenvalue weighted by atomic mass is 19.1. The van der Waals surface area contributed by atoms with E-state index in [2.05, 4.69) is 32.5 Å². The predicted octanol–water partition coefficient (Wildman–Crippen LogP) is 4.08. The van der Waals surface area contributed by atoms with Gasteiger partial charge in [0, 0.05) is 55.0 Å². The number of anilines is 2. The van der Waals surface area contributed by atoms with Crippen molar-refractivity contribution in [1.29, 1.82) is 5.41 Å². The molecule has 0 radical (unpaired) electrons. The number of hydrogen-bond acceptors (Lipinski definition) is 8. The van der Waals surface area contributed by atoms with Gasteiger partial charge in [0.25, 0.3) is 0 Å². The second-order valence-corrected chi connectivity index (χ2v) is 11.0. The number of nitrogens with one attached hydrogen (secondary N) is 3. The monoisotopic (exact) mass is 544 g/mol. The molecule has 0 unspecified atom stereocenters. The molecule has 5 rings (SSSR count). The number of nitrogens with zero attached hydrogens (tertiary/aromatic N) is 5. The molecule has 3 aliphatic rings. The first-order valence-corrected chi connectivity index (χ1v) is 13.9. The van der Waals surface area contributed by atoms with Gasteiger partial charge < -0.3 is 25.8 Å². The number of carbonyl (C=O) groups excluding carboxylic acids is 1. The molecule has 0 spiro atoms. The predicted molar refractivity (Wildman–Crippen MR) is 155 cm³/mol. The van der Waals surface area contributed by atoms with Crippen molar-refractivity contribution in [3.8, 4) is 0 Å². The number of allylic oxidation sites excluding steroid dienone is 6. The molecule has 1 aliphatic carbocycles. The van der Waals surface area contributed by atoms with E-state index in [1.54, 1.807) is 18.2 Å². The molecule has 4 heterocycles. The van der Waals surface area contributed by atoms with Crippen LogP contribution in [0.15, 0.2) is 47.8 Å². The van der Waals surface area contributed by atoms with Crippen molar-refractivity contribution in [2.24, 2.45) is 11.8 Å². The fourth-order valence-corrected chi connectivity index (χ4v) is 5.58. The lowest BCUT2D eigenvalue weighted by Crippen LogP contribution is -2.43. The second-order valence-electron chi connectivity index (χ2n) is 11.0. The quantitative estimate of drug-likeness (QED) is 0.503. The Morgan fingerprint density at radius 3 is 2.65 bits per heavy atom. The van der Waals surface area contributed by atoms with Gasteiger partial charge in [0.05, 0.1) is 11.9 Å². The number of pyridine rings is 1. The molecule has 9 nitrogen and oxygen atoms in total. The van der Waals surface area contributed by atoms with Crippen LogP contribution in [0.5, 0.6) is 0 Å². The minimum Gasteiger partial charge on any atom is -0.391 e. The third-order valence-corrected chi connectivity index (χ3v) is 7.84. The van der Waals surface area contributed by atoms with Crippen LogP contribution >= 0.6 is 0 Å². The molecule has 2 aromatic rings. The van der Waals surface area contributed by atoms with Gasteiger partial charge in [-0.15, -0.1) is 0 Å². The fourth-order valence-electron chi connectivity index (χ4n) is 5.58. The molecule has 2 aliphatic heterocycles. The Kier molecular flexibility index (Phi) is 8.07. The van der Waals surface area contributed by atoms with E-state index in [9.17, 15) is 9.18 Å². The van der Waals surface area contributed by atoms with Gasteiger partial charge in [-0.05, 0) is 62.7 Å². The Morgan fingerprint density at radius 2 is 1.93 bits per heavy atom. The van der Waals surface area contributed by atoms with E-state index >= 15 is 0 Å². The highest BCUT2D eigenvalue weighted by Gasteiger charge is 2.30. The minimum absolute atomic E-state index is 0.109. The van der Waals surface area contributed by atoms with E-state index in [1.807, 2.05) is 37.9 Å². The number of aromatic nitrogens is 3. The Balaban J connectivity index is 1.32. The Morgan fingerprint density at radius 1 is 1.15 bits per heavy atom. The van der Waals surface area contributed by atoms with E-state index in [0.717, 1.165) is 49.1 Å². The van der Waals surface area contributed by atoms with Crippen LogP contribution in [0.2, 0.25) is 0 Å². The third-order valence-electron chi connectivity index (χ3n) is 7.84. The number of fused-ring (bicyclic) bond motifs is 1. The molecule has 0 aromatic carbocycles. The highest BCUT2D eigenvalue weighted by molar-refractivity contribution is 6.13. The number of likely N-dealkylation sites (tertiary alicyclic amines) is 1. The third kappa shape index (κ3) is 5.82. The summed E-state index contributed by atoms with van der Waals surface area (Å²) >= 11 is 0. The summed E-state index contributed by atoms with van der Waals surface area (Å²) in [5, 5.41) is 14.6. The summed E-state index contributed by atoms with van der Waals surface area (Å²) in [4.78, 5) is 30.7. The first-order chi connectivity index (χ1) is 19.2. The first-order valence-electron chi connectivity index (χ1n) is 13.9. The summed E-state index contributed by atoms with van der Waals surface area (Å²) in [7, 11) is 3.93. The number of piperidine rings is 1. The van der Waals surface area contributed by atoms with Crippen molar-refractivity contribution >= 4 is 29.0 Å². The summed E-state index contributed by atoms with van der Waals surface area (Å²) in [6.45, 7) is 7.25. The van der Waals surface area contributed by atoms with Crippen LogP contribution in [0.1, 0.15) is 43.6 Å². The van der Waals surface area contributed by atoms with Gasteiger partial charge >= 0.3 is 0 Å². The van der Waals surface area contributed by atoms with Gasteiger partial charge in [0.1, 0.15) is 11.5 Å². The molecule has 40 heavy (non-hydrogen) atoms. The molecular weight excluding hydrogens is 507 g/mol. The Bertz CT molecular complexity index is 1400. The van der Waals surface area contributed by atoms with E-state index < -0.39 is 5.82 Å². The lowest BCUT2D eigenvalue weighted by Gasteiger charge is -2.34. The van der Waals surface area contributed by atoms with Gasteiger partial charge in [-0.25, -0.2) is 19.3 Å². The van der Waals surface area contributed by atoms with Crippen LogP contribution in [0.25, 0.3) is 5.57 Å². The normalized spacial score (nSPS) is 19.4. The van der Waals surface area contributed by atoms with Gasteiger partial charge in [0.2, 0.25) is 11.9 Å². The van der Waals surface area contributed by atoms with E-state index in [0.29, 0.717) is 42.2 Å². The lowest BCUT2D eigenvalue weighted by atomic mass is 9.93. The van der Waals surface area contributed by atoms with E-state index in [4.69, 9.17) is 10.4 Å². The second kappa shape index (κ2) is 11.7. The Hall–Kier alpha value is -3.92. The zero-order valence-electron chi connectivity index (χ0n) is 23.6. The molecule has 210 valence electrons. The number of amides is 1. The van der Waals surface area contributed by atoms with E-state index in [-0.39, 0.29) is 29.4 Å². The van der Waals surface area contributed by atoms with Gasteiger partial charge in [0.15, 0.2) is 5.82 Å². The maximum Gasteiger partial charge on any atom is 0.229 e. The molecule has 1 saturated heterocycles. The number of hydrogen-bond donors (Lipinski definition) is 3. The molecular formula is C30H37FN8O. The topological polar surface area (TPSA) is 110 Å². The average molecular weight is 545 g/mol. The summed E-state index contributed by atoms with van der Waals surface area (Å²) in [5.74, 6) is 0.792. The standard InChI is InChI=1S/C30H37FN8O/c1-18(2)27(33-3)22-15-20(5-7-24(22)32)28-23(31)16-34-30(37-28)36-26-8-6-21-17-39(14-11-25(21)35-26)29(40)19-9-12-38(4)13-10-19/h5-8,15-16,18-19,32-33H,9-14,17H2,1-4H3,(H,34,35,36,37)/b27-22-,32-24?. The molecule has 3 N–H and O–H groups in total. The van der Waals surface area contributed by atoms with Crippen LogP contribution in [0.4, 0.5) is 16.2 Å². The number of rotatable bonds is 6. The van der Waals surface area contributed by atoms with Crippen LogP contribution in [-0.4, -0.2) is 70.1 Å². The molecule has 2 aromatic heterocycles. The van der Waals surface area contributed by atoms with Gasteiger partial charge in [-0.3, -0.25) is 4.79 Å². The highest BCUT2D eigenvalue weighted by Crippen LogP contribution is 2.28. The van der Waals surface area contributed by atoms with Crippen LogP contribution < -0.4 is 10.6 Å². The molecule has 0 bridgehead atoms. The zero-order valence-corrected chi connectivity index (χ0v) is 23.6. The van der Waals surface area contributed by atoms with Gasteiger partial charge in [-0.1, -0.05) is 26.0 Å². The lowest BCUT2D eigenvalue weighted by molar-refractivity contribution is -0.138. The average Bonchev–Trinajstić information content (AvgIpc) is 2.95. The maximum atomic E-state index is 14.9. The van der Waals surface area contributed by atoms with Crippen molar-refractivity contribution in [2.45, 2.75) is 39.7 Å². The molecule has 0 atom stereocenters. The number of carbonyl (C=O) groups is 1. The van der Waals surface area contributed by atoms with Crippen LogP contribution in [0.3, 0.4) is 0 Å². The molecule has 10 heteroatoms. The van der Waals surface area contributed by atoms with Crippen molar-refractivity contribution in [3.63, 3.8) is 0 Å². The van der Waals surface area contributed by atoms with Crippen LogP contribution in [0, 0.1) is 23.1 Å². The SMILES string of the molecule is CN/C(=C1/C=C(c2nc(Nc3ccc4c(n3)CCN(C(=O)C3CCN(C)CC3)C4)ncc2F)C=CC1=N)C(C)C. The fraction of sp³-hybridized carbons (Fsp3) is 0.433. The summed E-state index contributed by atoms with van der Waals surface area (Å²) < 4.78 is 14.9. The largest absolute Gasteiger partial charge is 0.391 e. The van der Waals surface area contributed by atoms with Crippen molar-refractivity contribution in [1.82, 2.24) is 30.1 Å². The first kappa shape index (κ1) is 27.6.